The third-order valence-electron chi connectivity index (χ3n) is 3.18. The van der Waals surface area contributed by atoms with Crippen molar-refractivity contribution < 1.29 is 19.4 Å². The van der Waals surface area contributed by atoms with Gasteiger partial charge >= 0.3 is 12.1 Å². The number of carboxylic acid groups (broad SMARTS) is 1. The Kier molecular flexibility index (Phi) is 4.20. The van der Waals surface area contributed by atoms with Gasteiger partial charge in [-0.3, -0.25) is 9.48 Å². The summed E-state index contributed by atoms with van der Waals surface area (Å²) in [5.74, 6) is -1.06. The van der Waals surface area contributed by atoms with Crippen LogP contribution in [0.25, 0.3) is 0 Å². The molecule has 1 aromatic heterocycles. The monoisotopic (exact) mass is 295 g/mol. The Labute approximate surface area is 123 Å². The number of fused-ring (bicyclic) bond motifs is 1. The van der Waals surface area contributed by atoms with Gasteiger partial charge in [0.2, 0.25) is 0 Å². The van der Waals surface area contributed by atoms with Crippen LogP contribution in [0.15, 0.2) is 12.3 Å². The van der Waals surface area contributed by atoms with Gasteiger partial charge in [-0.1, -0.05) is 0 Å². The molecule has 0 saturated heterocycles. The molecule has 1 amide bonds. The zero-order chi connectivity index (χ0) is 15.6. The van der Waals surface area contributed by atoms with E-state index < -0.39 is 17.7 Å². The van der Waals surface area contributed by atoms with Gasteiger partial charge in [0.05, 0.1) is 18.7 Å². The van der Waals surface area contributed by atoms with Gasteiger partial charge < -0.3 is 14.7 Å². The first-order valence-electron chi connectivity index (χ1n) is 6.95. The molecule has 1 aliphatic rings. The number of hydrogen-bond acceptors (Lipinski definition) is 4. The molecule has 7 heteroatoms. The zero-order valence-electron chi connectivity index (χ0n) is 12.6. The van der Waals surface area contributed by atoms with Gasteiger partial charge in [0.15, 0.2) is 0 Å². The maximum absolute atomic E-state index is 12.3. The lowest BCUT2D eigenvalue weighted by Gasteiger charge is -2.27. The van der Waals surface area contributed by atoms with Crippen LogP contribution in [0.5, 0.6) is 0 Å². The molecule has 1 aromatic rings. The van der Waals surface area contributed by atoms with Crippen LogP contribution < -0.4 is 0 Å². The number of aliphatic carboxylic acids is 1. The maximum atomic E-state index is 12.3. The quantitative estimate of drug-likeness (QED) is 0.898. The molecule has 0 bridgehead atoms. The summed E-state index contributed by atoms with van der Waals surface area (Å²) in [6.45, 7) is 6.65. The molecule has 2 heterocycles. The number of hydrogen-bond donors (Lipinski definition) is 1. The van der Waals surface area contributed by atoms with E-state index in [2.05, 4.69) is 5.10 Å². The molecule has 0 fully saturated rings. The Morgan fingerprint density at radius 3 is 2.76 bits per heavy atom. The lowest BCUT2D eigenvalue weighted by Crippen LogP contribution is -2.38. The Morgan fingerprint density at radius 2 is 2.14 bits per heavy atom. The van der Waals surface area contributed by atoms with Crippen molar-refractivity contribution in [2.24, 2.45) is 5.92 Å². The minimum atomic E-state index is -0.875. The Morgan fingerprint density at radius 1 is 1.43 bits per heavy atom. The molecule has 1 N–H and O–H groups in total. The maximum Gasteiger partial charge on any atom is 0.410 e. The second-order valence-electron chi connectivity index (χ2n) is 6.33. The van der Waals surface area contributed by atoms with Crippen LogP contribution in [-0.2, 0) is 22.6 Å². The number of carbonyl (C=O) groups excluding carboxylic acids is 1. The molecular formula is C14H21N3O4. The fraction of sp³-hybridized carbons (Fsp3) is 0.643. The van der Waals surface area contributed by atoms with E-state index in [1.807, 2.05) is 26.8 Å². The summed E-state index contributed by atoms with van der Waals surface area (Å²) in [6, 6.07) is 1.83. The lowest BCUT2D eigenvalue weighted by atomic mass is 10.1. The summed E-state index contributed by atoms with van der Waals surface area (Å²) < 4.78 is 7.15. The van der Waals surface area contributed by atoms with Crippen molar-refractivity contribution in [3.05, 3.63) is 18.0 Å². The van der Waals surface area contributed by atoms with Crippen LogP contribution in [0.4, 0.5) is 4.79 Å². The number of amides is 1. The summed E-state index contributed by atoms with van der Waals surface area (Å²) in [4.78, 5) is 24.8. The van der Waals surface area contributed by atoms with E-state index in [0.717, 1.165) is 5.69 Å². The molecule has 0 saturated carbocycles. The second-order valence-corrected chi connectivity index (χ2v) is 6.33. The molecule has 116 valence electrons. The van der Waals surface area contributed by atoms with Gasteiger partial charge in [0.25, 0.3) is 0 Å². The first kappa shape index (κ1) is 15.3. The molecule has 1 atom stereocenters. The van der Waals surface area contributed by atoms with Crippen molar-refractivity contribution in [1.29, 1.82) is 0 Å². The van der Waals surface area contributed by atoms with Crippen LogP contribution in [-0.4, -0.2) is 44.0 Å². The molecule has 21 heavy (non-hydrogen) atoms. The van der Waals surface area contributed by atoms with E-state index in [9.17, 15) is 9.59 Å². The van der Waals surface area contributed by atoms with Crippen molar-refractivity contribution in [3.8, 4) is 0 Å². The molecule has 1 unspecified atom stereocenters. The van der Waals surface area contributed by atoms with E-state index in [1.54, 1.807) is 15.8 Å². The van der Waals surface area contributed by atoms with Crippen LogP contribution in [0.3, 0.4) is 0 Å². The van der Waals surface area contributed by atoms with Gasteiger partial charge in [-0.05, 0) is 26.8 Å². The highest BCUT2D eigenvalue weighted by Crippen LogP contribution is 2.20. The molecule has 0 aromatic carbocycles. The summed E-state index contributed by atoms with van der Waals surface area (Å²) in [5, 5.41) is 13.2. The van der Waals surface area contributed by atoms with E-state index in [1.165, 1.54) is 0 Å². The normalized spacial score (nSPS) is 18.8. The molecular weight excluding hydrogens is 274 g/mol. The molecule has 1 aliphatic heterocycles. The van der Waals surface area contributed by atoms with Gasteiger partial charge in [0, 0.05) is 25.2 Å². The molecule has 0 radical (unpaired) electrons. The molecule has 7 nitrogen and oxygen atoms in total. The number of nitrogens with zero attached hydrogens (tertiary/aromatic N) is 3. The topological polar surface area (TPSA) is 84.7 Å². The highest BCUT2D eigenvalue weighted by molar-refractivity contribution is 5.69. The van der Waals surface area contributed by atoms with E-state index in [-0.39, 0.29) is 12.3 Å². The third kappa shape index (κ3) is 4.21. The predicted octanol–water partition coefficient (Wildman–Crippen LogP) is 1.72. The summed E-state index contributed by atoms with van der Waals surface area (Å²) in [5.41, 5.74) is 0.306. The van der Waals surface area contributed by atoms with Crippen molar-refractivity contribution in [2.45, 2.75) is 45.9 Å². The van der Waals surface area contributed by atoms with Gasteiger partial charge in [-0.15, -0.1) is 0 Å². The molecule has 0 aliphatic carbocycles. The van der Waals surface area contributed by atoms with E-state index in [0.29, 0.717) is 19.6 Å². The first-order valence-corrected chi connectivity index (χ1v) is 6.95. The summed E-state index contributed by atoms with van der Waals surface area (Å²) >= 11 is 0. The zero-order valence-corrected chi connectivity index (χ0v) is 12.6. The average Bonchev–Trinajstić information content (AvgIpc) is 2.65. The summed E-state index contributed by atoms with van der Waals surface area (Å²) in [7, 11) is 0. The molecule has 2 rings (SSSR count). The highest BCUT2D eigenvalue weighted by atomic mass is 16.6. The van der Waals surface area contributed by atoms with Crippen LogP contribution >= 0.6 is 0 Å². The number of rotatable bonds is 2. The van der Waals surface area contributed by atoms with Gasteiger partial charge in [-0.2, -0.15) is 5.10 Å². The second kappa shape index (κ2) is 5.75. The first-order chi connectivity index (χ1) is 9.74. The number of aromatic nitrogens is 2. The van der Waals surface area contributed by atoms with E-state index in [4.69, 9.17) is 9.84 Å². The number of carbonyl (C=O) groups is 2. The smallest absolute Gasteiger partial charge is 0.410 e. The minimum absolute atomic E-state index is 0.00139. The summed E-state index contributed by atoms with van der Waals surface area (Å²) in [6.07, 6.45) is 1.23. The Balaban J connectivity index is 2.17. The molecule has 0 spiro atoms. The SMILES string of the molecule is CC(C)(C)OC(=O)N1Cc2ccnn2CC(CC(=O)O)C1. The third-order valence-corrected chi connectivity index (χ3v) is 3.18. The Hall–Kier alpha value is -2.05. The fourth-order valence-corrected chi connectivity index (χ4v) is 2.37. The predicted molar refractivity (Wildman–Crippen MR) is 74.6 cm³/mol. The van der Waals surface area contributed by atoms with Gasteiger partial charge in [-0.25, -0.2) is 4.79 Å². The standard InChI is InChI=1S/C14H21N3O4/c1-14(2,3)21-13(20)16-7-10(6-12(18)19)8-17-11(9-16)4-5-15-17/h4-5,10H,6-9H2,1-3H3,(H,18,19). The number of ether oxygens (including phenoxy) is 1. The van der Waals surface area contributed by atoms with Gasteiger partial charge in [0.1, 0.15) is 5.60 Å². The van der Waals surface area contributed by atoms with Crippen LogP contribution in [0.1, 0.15) is 32.9 Å². The highest BCUT2D eigenvalue weighted by Gasteiger charge is 2.29. The minimum Gasteiger partial charge on any atom is -0.481 e. The van der Waals surface area contributed by atoms with E-state index >= 15 is 0 Å². The fourth-order valence-electron chi connectivity index (χ4n) is 2.37. The Bertz CT molecular complexity index is 533. The van der Waals surface area contributed by atoms with Crippen LogP contribution in [0.2, 0.25) is 0 Å². The average molecular weight is 295 g/mol. The number of carboxylic acids is 1. The van der Waals surface area contributed by atoms with Crippen molar-refractivity contribution >= 4 is 12.1 Å². The van der Waals surface area contributed by atoms with Crippen molar-refractivity contribution in [1.82, 2.24) is 14.7 Å². The van der Waals surface area contributed by atoms with Crippen molar-refractivity contribution in [2.75, 3.05) is 6.54 Å². The van der Waals surface area contributed by atoms with Crippen LogP contribution in [0, 0.1) is 5.92 Å². The largest absolute Gasteiger partial charge is 0.481 e. The van der Waals surface area contributed by atoms with Crippen molar-refractivity contribution in [3.63, 3.8) is 0 Å². The lowest BCUT2D eigenvalue weighted by molar-refractivity contribution is -0.138.